The number of phenols is 2. The van der Waals surface area contributed by atoms with Gasteiger partial charge in [0, 0.05) is 12.1 Å². The fraction of sp³-hybridized carbons (Fsp3) is 0.278. The molecular formula is C18H19NO5. The molecule has 24 heavy (non-hydrogen) atoms. The zero-order valence-corrected chi connectivity index (χ0v) is 13.5. The molecule has 0 aromatic heterocycles. The maximum absolute atomic E-state index is 10.5. The lowest BCUT2D eigenvalue weighted by Gasteiger charge is -2.22. The monoisotopic (exact) mass is 329 g/mol. The van der Waals surface area contributed by atoms with E-state index < -0.39 is 6.10 Å². The summed E-state index contributed by atoms with van der Waals surface area (Å²) in [5.41, 5.74) is 2.89. The largest absolute Gasteiger partial charge is 0.504 e. The molecule has 6 nitrogen and oxygen atoms in total. The highest BCUT2D eigenvalue weighted by atomic mass is 16.5. The van der Waals surface area contributed by atoms with Gasteiger partial charge >= 0.3 is 0 Å². The summed E-state index contributed by atoms with van der Waals surface area (Å²) < 4.78 is 10.4. The molecule has 1 aromatic carbocycles. The van der Waals surface area contributed by atoms with Gasteiger partial charge in [0.25, 0.3) is 0 Å². The summed E-state index contributed by atoms with van der Waals surface area (Å²) >= 11 is 0. The fourth-order valence-corrected chi connectivity index (χ4v) is 2.87. The summed E-state index contributed by atoms with van der Waals surface area (Å²) in [7, 11) is 2.99. The van der Waals surface area contributed by atoms with E-state index in [0.717, 1.165) is 11.1 Å². The van der Waals surface area contributed by atoms with Crippen molar-refractivity contribution in [1.82, 2.24) is 0 Å². The van der Waals surface area contributed by atoms with Crippen molar-refractivity contribution in [2.75, 3.05) is 20.8 Å². The minimum absolute atomic E-state index is 0.144. The van der Waals surface area contributed by atoms with Crippen LogP contribution in [-0.4, -0.2) is 47.9 Å². The molecule has 6 heteroatoms. The van der Waals surface area contributed by atoms with Gasteiger partial charge in [-0.05, 0) is 41.8 Å². The van der Waals surface area contributed by atoms with Crippen LogP contribution in [0, 0.1) is 0 Å². The summed E-state index contributed by atoms with van der Waals surface area (Å²) in [6.07, 6.45) is 4.93. The van der Waals surface area contributed by atoms with Crippen LogP contribution in [0.25, 0.3) is 0 Å². The normalized spacial score (nSPS) is 21.5. The van der Waals surface area contributed by atoms with Gasteiger partial charge < -0.3 is 24.8 Å². The van der Waals surface area contributed by atoms with E-state index in [4.69, 9.17) is 9.47 Å². The van der Waals surface area contributed by atoms with Crippen LogP contribution in [0.2, 0.25) is 0 Å². The van der Waals surface area contributed by atoms with Gasteiger partial charge in [0.15, 0.2) is 23.0 Å². The maximum atomic E-state index is 10.5. The van der Waals surface area contributed by atoms with Crippen molar-refractivity contribution in [3.05, 3.63) is 58.6 Å². The Kier molecular flexibility index (Phi) is 4.31. The lowest BCUT2D eigenvalue weighted by molar-refractivity contribution is 0.132. The Morgan fingerprint density at radius 3 is 2.58 bits per heavy atom. The SMILES string of the molecule is COC1=C(OC)C(O)/C(=C/C2=NCCc3cc(O)c(O)cc32)C=C1. The first-order chi connectivity index (χ1) is 11.5. The number of hydrogen-bond donors (Lipinski definition) is 3. The molecule has 0 saturated carbocycles. The van der Waals surface area contributed by atoms with E-state index in [-0.39, 0.29) is 11.5 Å². The van der Waals surface area contributed by atoms with Crippen LogP contribution < -0.4 is 0 Å². The minimum atomic E-state index is -0.964. The van der Waals surface area contributed by atoms with E-state index in [0.29, 0.717) is 35.8 Å². The summed E-state index contributed by atoms with van der Waals surface area (Å²) in [6, 6.07) is 3.04. The smallest absolute Gasteiger partial charge is 0.170 e. The number of phenolic OH excluding ortho intramolecular Hbond substituents is 2. The average Bonchev–Trinajstić information content (AvgIpc) is 2.58. The van der Waals surface area contributed by atoms with Gasteiger partial charge in [-0.25, -0.2) is 0 Å². The Balaban J connectivity index is 1.99. The van der Waals surface area contributed by atoms with Crippen molar-refractivity contribution in [1.29, 1.82) is 0 Å². The van der Waals surface area contributed by atoms with Crippen LogP contribution in [0.3, 0.4) is 0 Å². The van der Waals surface area contributed by atoms with Gasteiger partial charge in [-0.2, -0.15) is 0 Å². The van der Waals surface area contributed by atoms with Gasteiger partial charge in [0.1, 0.15) is 6.10 Å². The predicted octanol–water partition coefficient (Wildman–Crippen LogP) is 1.80. The molecule has 1 aliphatic heterocycles. The molecule has 1 atom stereocenters. The average molecular weight is 329 g/mol. The van der Waals surface area contributed by atoms with Crippen molar-refractivity contribution in [3.8, 4) is 11.5 Å². The summed E-state index contributed by atoms with van der Waals surface area (Å²) in [4.78, 5) is 4.47. The van der Waals surface area contributed by atoms with Gasteiger partial charge in [0.2, 0.25) is 0 Å². The zero-order valence-electron chi connectivity index (χ0n) is 13.5. The van der Waals surface area contributed by atoms with Gasteiger partial charge in [-0.3, -0.25) is 4.99 Å². The number of aliphatic hydroxyl groups excluding tert-OH is 1. The number of allylic oxidation sites excluding steroid dienone is 2. The number of hydrogen-bond acceptors (Lipinski definition) is 6. The highest BCUT2D eigenvalue weighted by Crippen LogP contribution is 2.32. The van der Waals surface area contributed by atoms with Crippen molar-refractivity contribution in [2.24, 2.45) is 4.99 Å². The third-order valence-corrected chi connectivity index (χ3v) is 4.12. The molecule has 0 spiro atoms. The summed E-state index contributed by atoms with van der Waals surface area (Å²) in [6.45, 7) is 0.576. The van der Waals surface area contributed by atoms with Gasteiger partial charge in [-0.15, -0.1) is 0 Å². The van der Waals surface area contributed by atoms with E-state index >= 15 is 0 Å². The van der Waals surface area contributed by atoms with Crippen LogP contribution in [0.4, 0.5) is 0 Å². The van der Waals surface area contributed by atoms with Crippen LogP contribution in [0.1, 0.15) is 11.1 Å². The first-order valence-corrected chi connectivity index (χ1v) is 7.54. The molecule has 0 amide bonds. The molecule has 1 heterocycles. The number of ether oxygens (including phenoxy) is 2. The second-order valence-electron chi connectivity index (χ2n) is 5.53. The molecule has 3 rings (SSSR count). The lowest BCUT2D eigenvalue weighted by Crippen LogP contribution is -2.21. The molecule has 0 radical (unpaired) electrons. The standard InChI is InChI=1S/C18H19NO5/c1-23-16-4-3-11(17(22)18(16)24-2)7-13-12-9-15(21)14(20)8-10(12)5-6-19-13/h3-4,7-9,17,20-22H,5-6H2,1-2H3/b11-7+. The number of nitrogens with zero attached hydrogens (tertiary/aromatic N) is 1. The second kappa shape index (κ2) is 6.41. The number of fused-ring (bicyclic) bond motifs is 1. The maximum Gasteiger partial charge on any atom is 0.170 e. The topological polar surface area (TPSA) is 91.5 Å². The molecule has 1 aromatic rings. The Morgan fingerprint density at radius 2 is 1.88 bits per heavy atom. The molecule has 1 unspecified atom stereocenters. The van der Waals surface area contributed by atoms with E-state index in [1.807, 2.05) is 0 Å². The number of aliphatic hydroxyl groups is 1. The molecule has 2 aliphatic rings. The third-order valence-electron chi connectivity index (χ3n) is 4.12. The van der Waals surface area contributed by atoms with E-state index in [1.54, 1.807) is 24.3 Å². The van der Waals surface area contributed by atoms with Crippen molar-refractivity contribution >= 4 is 5.71 Å². The Morgan fingerprint density at radius 1 is 1.12 bits per heavy atom. The number of methoxy groups -OCH3 is 2. The van der Waals surface area contributed by atoms with Crippen LogP contribution in [0.15, 0.2) is 52.4 Å². The number of benzene rings is 1. The predicted molar refractivity (Wildman–Crippen MR) is 89.2 cm³/mol. The molecule has 0 bridgehead atoms. The number of aromatic hydroxyl groups is 2. The molecule has 0 saturated heterocycles. The molecular weight excluding hydrogens is 310 g/mol. The van der Waals surface area contributed by atoms with Crippen LogP contribution >= 0.6 is 0 Å². The first kappa shape index (κ1) is 16.1. The van der Waals surface area contributed by atoms with Crippen molar-refractivity contribution < 1.29 is 24.8 Å². The molecule has 3 N–H and O–H groups in total. The Labute approximate surface area is 139 Å². The van der Waals surface area contributed by atoms with Gasteiger partial charge in [-0.1, -0.05) is 6.08 Å². The summed E-state index contributed by atoms with van der Waals surface area (Å²) in [5, 5.41) is 29.9. The Hall–Kier alpha value is -2.73. The highest BCUT2D eigenvalue weighted by molar-refractivity contribution is 6.11. The second-order valence-corrected chi connectivity index (χ2v) is 5.53. The third kappa shape index (κ3) is 2.76. The lowest BCUT2D eigenvalue weighted by atomic mass is 9.93. The molecule has 1 aliphatic carbocycles. The van der Waals surface area contributed by atoms with E-state index in [2.05, 4.69) is 4.99 Å². The van der Waals surface area contributed by atoms with Crippen molar-refractivity contribution in [3.63, 3.8) is 0 Å². The Bertz CT molecular complexity index is 789. The number of rotatable bonds is 3. The van der Waals surface area contributed by atoms with Gasteiger partial charge in [0.05, 0.1) is 19.9 Å². The highest BCUT2D eigenvalue weighted by Gasteiger charge is 2.25. The van der Waals surface area contributed by atoms with E-state index in [1.165, 1.54) is 20.3 Å². The summed E-state index contributed by atoms with van der Waals surface area (Å²) in [5.74, 6) is 0.461. The molecule has 126 valence electrons. The first-order valence-electron chi connectivity index (χ1n) is 7.54. The quantitative estimate of drug-likeness (QED) is 0.736. The van der Waals surface area contributed by atoms with E-state index in [9.17, 15) is 15.3 Å². The van der Waals surface area contributed by atoms with Crippen LogP contribution in [-0.2, 0) is 15.9 Å². The van der Waals surface area contributed by atoms with Crippen LogP contribution in [0.5, 0.6) is 11.5 Å². The number of aliphatic imine (C=N–C) groups is 1. The fourth-order valence-electron chi connectivity index (χ4n) is 2.87. The zero-order chi connectivity index (χ0) is 17.3. The van der Waals surface area contributed by atoms with Crippen molar-refractivity contribution in [2.45, 2.75) is 12.5 Å². The minimum Gasteiger partial charge on any atom is -0.504 e. The molecule has 0 fully saturated rings.